The van der Waals surface area contributed by atoms with Crippen LogP contribution in [-0.2, 0) is 11.3 Å². The Balaban J connectivity index is 2.27. The van der Waals surface area contributed by atoms with E-state index in [1.54, 1.807) is 18.4 Å². The SMILES string of the molecule is COCC[C@H](CO)NC(=O)NCc1ccc(Br)s1. The van der Waals surface area contributed by atoms with Crippen LogP contribution in [-0.4, -0.2) is 37.5 Å². The Bertz CT molecular complexity index is 373. The van der Waals surface area contributed by atoms with Crippen molar-refractivity contribution in [3.8, 4) is 0 Å². The van der Waals surface area contributed by atoms with Gasteiger partial charge in [0.1, 0.15) is 0 Å². The second-order valence-electron chi connectivity index (χ2n) is 3.69. The first-order valence-corrected chi connectivity index (χ1v) is 7.15. The summed E-state index contributed by atoms with van der Waals surface area (Å²) in [6.45, 7) is 0.884. The first-order valence-electron chi connectivity index (χ1n) is 5.54. The topological polar surface area (TPSA) is 70.6 Å². The van der Waals surface area contributed by atoms with Crippen LogP contribution in [0.2, 0.25) is 0 Å². The van der Waals surface area contributed by atoms with Gasteiger partial charge in [0.2, 0.25) is 0 Å². The maximum Gasteiger partial charge on any atom is 0.315 e. The van der Waals surface area contributed by atoms with Crippen LogP contribution >= 0.6 is 27.3 Å². The number of hydrogen-bond acceptors (Lipinski definition) is 4. The third-order valence-electron chi connectivity index (χ3n) is 2.28. The molecule has 0 saturated carbocycles. The van der Waals surface area contributed by atoms with Gasteiger partial charge in [0.05, 0.1) is 23.0 Å². The molecule has 0 aromatic carbocycles. The molecule has 5 nitrogen and oxygen atoms in total. The number of methoxy groups -OCH3 is 1. The van der Waals surface area contributed by atoms with Crippen LogP contribution in [0.1, 0.15) is 11.3 Å². The van der Waals surface area contributed by atoms with Gasteiger partial charge in [-0.05, 0) is 34.5 Å². The van der Waals surface area contributed by atoms with Crippen molar-refractivity contribution < 1.29 is 14.6 Å². The van der Waals surface area contributed by atoms with Gasteiger partial charge in [-0.2, -0.15) is 0 Å². The molecule has 1 aromatic rings. The molecule has 102 valence electrons. The number of thiophene rings is 1. The molecule has 0 spiro atoms. The van der Waals surface area contributed by atoms with E-state index in [0.29, 0.717) is 19.6 Å². The van der Waals surface area contributed by atoms with Gasteiger partial charge in [0, 0.05) is 18.6 Å². The van der Waals surface area contributed by atoms with Crippen molar-refractivity contribution >= 4 is 33.3 Å². The van der Waals surface area contributed by atoms with Gasteiger partial charge in [0.15, 0.2) is 0 Å². The van der Waals surface area contributed by atoms with Crippen LogP contribution in [0.25, 0.3) is 0 Å². The molecule has 3 N–H and O–H groups in total. The predicted octanol–water partition coefficient (Wildman–Crippen LogP) is 1.71. The molecular formula is C11H17BrN2O3S. The summed E-state index contributed by atoms with van der Waals surface area (Å²) in [5.41, 5.74) is 0. The number of aliphatic hydroxyl groups excluding tert-OH is 1. The van der Waals surface area contributed by atoms with E-state index in [1.165, 1.54) is 0 Å². The number of carbonyl (C=O) groups is 1. The van der Waals surface area contributed by atoms with Gasteiger partial charge in [-0.1, -0.05) is 0 Å². The van der Waals surface area contributed by atoms with Crippen molar-refractivity contribution in [2.24, 2.45) is 0 Å². The van der Waals surface area contributed by atoms with Crippen molar-refractivity contribution in [3.05, 3.63) is 20.8 Å². The van der Waals surface area contributed by atoms with E-state index in [1.807, 2.05) is 12.1 Å². The Morgan fingerprint density at radius 1 is 1.61 bits per heavy atom. The number of halogens is 1. The highest BCUT2D eigenvalue weighted by atomic mass is 79.9. The number of aliphatic hydroxyl groups is 1. The number of urea groups is 1. The van der Waals surface area contributed by atoms with Gasteiger partial charge < -0.3 is 20.5 Å². The van der Waals surface area contributed by atoms with E-state index in [-0.39, 0.29) is 18.7 Å². The molecule has 1 heterocycles. The minimum Gasteiger partial charge on any atom is -0.394 e. The van der Waals surface area contributed by atoms with Crippen LogP contribution in [0.15, 0.2) is 15.9 Å². The lowest BCUT2D eigenvalue weighted by molar-refractivity contribution is 0.159. The summed E-state index contributed by atoms with van der Waals surface area (Å²) < 4.78 is 5.94. The molecule has 0 aliphatic rings. The molecule has 0 aliphatic carbocycles. The van der Waals surface area contributed by atoms with E-state index in [0.717, 1.165) is 8.66 Å². The quantitative estimate of drug-likeness (QED) is 0.709. The highest BCUT2D eigenvalue weighted by molar-refractivity contribution is 9.11. The van der Waals surface area contributed by atoms with Gasteiger partial charge in [-0.3, -0.25) is 0 Å². The highest BCUT2D eigenvalue weighted by Gasteiger charge is 2.10. The Hall–Kier alpha value is -0.630. The Labute approximate surface area is 119 Å². The molecule has 0 radical (unpaired) electrons. The summed E-state index contributed by atoms with van der Waals surface area (Å²) in [5, 5.41) is 14.5. The summed E-state index contributed by atoms with van der Waals surface area (Å²) >= 11 is 4.94. The molecule has 0 aliphatic heterocycles. The van der Waals surface area contributed by atoms with Crippen molar-refractivity contribution in [2.45, 2.75) is 19.0 Å². The lowest BCUT2D eigenvalue weighted by Gasteiger charge is -2.16. The normalized spacial score (nSPS) is 12.2. The van der Waals surface area contributed by atoms with E-state index in [2.05, 4.69) is 26.6 Å². The lowest BCUT2D eigenvalue weighted by Crippen LogP contribution is -2.43. The van der Waals surface area contributed by atoms with Gasteiger partial charge in [-0.15, -0.1) is 11.3 Å². The predicted molar refractivity (Wildman–Crippen MR) is 74.8 cm³/mol. The molecule has 1 atom stereocenters. The van der Waals surface area contributed by atoms with E-state index < -0.39 is 0 Å². The lowest BCUT2D eigenvalue weighted by atomic mass is 10.2. The average Bonchev–Trinajstić information content (AvgIpc) is 2.78. The second-order valence-corrected chi connectivity index (χ2v) is 6.24. The fourth-order valence-corrected chi connectivity index (χ4v) is 2.74. The third-order valence-corrected chi connectivity index (χ3v) is 3.90. The Morgan fingerprint density at radius 3 is 2.94 bits per heavy atom. The fourth-order valence-electron chi connectivity index (χ4n) is 1.32. The van der Waals surface area contributed by atoms with Crippen LogP contribution in [0.4, 0.5) is 4.79 Å². The van der Waals surface area contributed by atoms with E-state index in [4.69, 9.17) is 9.84 Å². The van der Waals surface area contributed by atoms with Crippen molar-refractivity contribution in [1.82, 2.24) is 10.6 Å². The molecule has 0 fully saturated rings. The molecule has 7 heteroatoms. The number of nitrogens with one attached hydrogen (secondary N) is 2. The minimum atomic E-state index is -0.283. The van der Waals surface area contributed by atoms with Gasteiger partial charge >= 0.3 is 6.03 Å². The smallest absolute Gasteiger partial charge is 0.315 e. The van der Waals surface area contributed by atoms with Crippen LogP contribution in [0.3, 0.4) is 0 Å². The fraction of sp³-hybridized carbons (Fsp3) is 0.545. The first-order chi connectivity index (χ1) is 8.65. The van der Waals surface area contributed by atoms with Crippen molar-refractivity contribution in [1.29, 1.82) is 0 Å². The monoisotopic (exact) mass is 336 g/mol. The Kier molecular flexibility index (Phi) is 7.26. The maximum absolute atomic E-state index is 11.6. The van der Waals surface area contributed by atoms with Gasteiger partial charge in [-0.25, -0.2) is 4.79 Å². The van der Waals surface area contributed by atoms with Crippen molar-refractivity contribution in [3.63, 3.8) is 0 Å². The number of amides is 2. The zero-order valence-corrected chi connectivity index (χ0v) is 12.5. The Morgan fingerprint density at radius 2 is 2.39 bits per heavy atom. The largest absolute Gasteiger partial charge is 0.394 e. The molecule has 1 aromatic heterocycles. The molecule has 2 amide bonds. The summed E-state index contributed by atoms with van der Waals surface area (Å²) in [7, 11) is 1.59. The minimum absolute atomic E-state index is 0.0959. The molecule has 0 unspecified atom stereocenters. The van der Waals surface area contributed by atoms with Gasteiger partial charge in [0.25, 0.3) is 0 Å². The second kappa shape index (κ2) is 8.47. The number of carbonyl (C=O) groups excluding carboxylic acids is 1. The number of rotatable bonds is 7. The molecule has 0 saturated heterocycles. The third kappa shape index (κ3) is 5.81. The summed E-state index contributed by atoms with van der Waals surface area (Å²) in [6, 6.07) is 3.33. The summed E-state index contributed by atoms with van der Waals surface area (Å²) in [4.78, 5) is 12.6. The van der Waals surface area contributed by atoms with Crippen molar-refractivity contribution in [2.75, 3.05) is 20.3 Å². The number of ether oxygens (including phenoxy) is 1. The summed E-state index contributed by atoms with van der Waals surface area (Å²) in [5.74, 6) is 0. The van der Waals surface area contributed by atoms with E-state index >= 15 is 0 Å². The molecular weight excluding hydrogens is 320 g/mol. The zero-order valence-electron chi connectivity index (χ0n) is 10.1. The maximum atomic E-state index is 11.6. The van der Waals surface area contributed by atoms with Crippen LogP contribution in [0.5, 0.6) is 0 Å². The van der Waals surface area contributed by atoms with E-state index in [9.17, 15) is 4.79 Å². The van der Waals surface area contributed by atoms with Crippen LogP contribution < -0.4 is 10.6 Å². The van der Waals surface area contributed by atoms with Crippen LogP contribution in [0, 0.1) is 0 Å². The summed E-state index contributed by atoms with van der Waals surface area (Å²) in [6.07, 6.45) is 0.588. The standard InChI is InChI=1S/C11H17BrN2O3S/c1-17-5-4-8(7-15)14-11(16)13-6-9-2-3-10(12)18-9/h2-3,8,15H,4-7H2,1H3,(H2,13,14,16)/t8-/m1/s1. The average molecular weight is 337 g/mol. The molecule has 18 heavy (non-hydrogen) atoms. The first kappa shape index (κ1) is 15.4. The highest BCUT2D eigenvalue weighted by Crippen LogP contribution is 2.21. The zero-order chi connectivity index (χ0) is 13.4. The number of hydrogen-bond donors (Lipinski definition) is 3. The molecule has 0 bridgehead atoms. The molecule has 1 rings (SSSR count).